The number of urea groups is 1. The van der Waals surface area contributed by atoms with Gasteiger partial charge in [0.1, 0.15) is 0 Å². The van der Waals surface area contributed by atoms with Gasteiger partial charge in [-0.15, -0.1) is 0 Å². The van der Waals surface area contributed by atoms with Gasteiger partial charge in [-0.05, 0) is 24.3 Å². The molecule has 20 heavy (non-hydrogen) atoms. The molecule has 0 atom stereocenters. The molecule has 1 aromatic rings. The van der Waals surface area contributed by atoms with Crippen LogP contribution in [0.2, 0.25) is 0 Å². The summed E-state index contributed by atoms with van der Waals surface area (Å²) in [6.07, 6.45) is 0.126. The molecule has 6 heteroatoms. The predicted octanol–water partition coefficient (Wildman–Crippen LogP) is 1.69. The normalized spacial score (nSPS) is 14.6. The zero-order valence-electron chi connectivity index (χ0n) is 11.7. The Kier molecular flexibility index (Phi) is 4.12. The van der Waals surface area contributed by atoms with Gasteiger partial charge >= 0.3 is 12.0 Å². The summed E-state index contributed by atoms with van der Waals surface area (Å²) in [6, 6.07) is 7.38. The van der Waals surface area contributed by atoms with Gasteiger partial charge in [0.05, 0.1) is 6.42 Å². The lowest BCUT2D eigenvalue weighted by Crippen LogP contribution is -2.52. The second-order valence-corrected chi connectivity index (χ2v) is 5.24. The van der Waals surface area contributed by atoms with E-state index in [0.29, 0.717) is 13.1 Å². The van der Waals surface area contributed by atoms with Crippen LogP contribution < -0.4 is 10.2 Å². The van der Waals surface area contributed by atoms with Crippen molar-refractivity contribution in [2.75, 3.05) is 37.4 Å². The number of nitrogens with one attached hydrogen (secondary N) is 1. The lowest BCUT2D eigenvalue weighted by atomic mass is 9.97. The lowest BCUT2D eigenvalue weighted by molar-refractivity contribution is -0.139. The summed E-state index contributed by atoms with van der Waals surface area (Å²) in [7, 11) is 3.91. The van der Waals surface area contributed by atoms with E-state index in [0.717, 1.165) is 11.4 Å². The van der Waals surface area contributed by atoms with Crippen LogP contribution in [-0.2, 0) is 4.79 Å². The van der Waals surface area contributed by atoms with Crippen molar-refractivity contribution < 1.29 is 14.7 Å². The number of nitrogens with zero attached hydrogens (tertiary/aromatic N) is 2. The first kappa shape index (κ1) is 14.2. The summed E-state index contributed by atoms with van der Waals surface area (Å²) in [5.41, 5.74) is 1.80. The van der Waals surface area contributed by atoms with Crippen LogP contribution >= 0.6 is 0 Å². The van der Waals surface area contributed by atoms with E-state index >= 15 is 0 Å². The van der Waals surface area contributed by atoms with Gasteiger partial charge in [0, 0.05) is 44.5 Å². The van der Waals surface area contributed by atoms with Gasteiger partial charge in [-0.25, -0.2) is 4.79 Å². The van der Waals surface area contributed by atoms with E-state index in [4.69, 9.17) is 5.11 Å². The number of rotatable bonds is 4. The average molecular weight is 277 g/mol. The molecule has 6 nitrogen and oxygen atoms in total. The minimum Gasteiger partial charge on any atom is -0.481 e. The minimum atomic E-state index is -0.811. The lowest BCUT2D eigenvalue weighted by Gasteiger charge is -2.38. The fraction of sp³-hybridized carbons (Fsp3) is 0.429. The maximum atomic E-state index is 11.9. The Bertz CT molecular complexity index is 493. The number of hydrogen-bond acceptors (Lipinski definition) is 3. The highest BCUT2D eigenvalue weighted by molar-refractivity contribution is 5.90. The van der Waals surface area contributed by atoms with E-state index < -0.39 is 5.97 Å². The molecule has 1 heterocycles. The Morgan fingerprint density at radius 2 is 1.90 bits per heavy atom. The molecule has 0 unspecified atom stereocenters. The first-order valence-electron chi connectivity index (χ1n) is 6.51. The molecule has 1 saturated heterocycles. The summed E-state index contributed by atoms with van der Waals surface area (Å²) in [6.45, 7) is 1.02. The molecule has 0 radical (unpaired) electrons. The molecule has 1 aliphatic rings. The van der Waals surface area contributed by atoms with Crippen molar-refractivity contribution in [3.63, 3.8) is 0 Å². The largest absolute Gasteiger partial charge is 0.481 e. The van der Waals surface area contributed by atoms with Crippen LogP contribution in [0.1, 0.15) is 6.42 Å². The second-order valence-electron chi connectivity index (χ2n) is 5.24. The van der Waals surface area contributed by atoms with E-state index in [-0.39, 0.29) is 18.4 Å². The smallest absolute Gasteiger partial charge is 0.321 e. The molecule has 2 rings (SSSR count). The molecule has 0 spiro atoms. The van der Waals surface area contributed by atoms with Gasteiger partial charge in [0.15, 0.2) is 0 Å². The standard InChI is InChI=1S/C14H19N3O3/c1-16(2)12-5-3-11(4-6-12)15-14(20)17-8-10(9-17)7-13(18)19/h3-6,10H,7-9H2,1-2H3,(H,15,20)(H,18,19). The van der Waals surface area contributed by atoms with E-state index in [2.05, 4.69) is 5.32 Å². The Labute approximate surface area is 118 Å². The van der Waals surface area contributed by atoms with Crippen LogP contribution in [0.15, 0.2) is 24.3 Å². The van der Waals surface area contributed by atoms with E-state index in [1.165, 1.54) is 0 Å². The molecule has 0 saturated carbocycles. The van der Waals surface area contributed by atoms with Crippen LogP contribution in [0, 0.1) is 5.92 Å². The summed E-state index contributed by atoms with van der Waals surface area (Å²) in [5, 5.41) is 11.5. The monoisotopic (exact) mass is 277 g/mol. The first-order chi connectivity index (χ1) is 9.45. The van der Waals surface area contributed by atoms with Crippen molar-refractivity contribution in [2.45, 2.75) is 6.42 Å². The maximum Gasteiger partial charge on any atom is 0.321 e. The van der Waals surface area contributed by atoms with E-state index in [1.54, 1.807) is 4.90 Å². The molecule has 0 aliphatic carbocycles. The number of carbonyl (C=O) groups is 2. The predicted molar refractivity (Wildman–Crippen MR) is 77.1 cm³/mol. The van der Waals surface area contributed by atoms with Gasteiger partial charge < -0.3 is 20.2 Å². The quantitative estimate of drug-likeness (QED) is 0.878. The third kappa shape index (κ3) is 3.40. The number of likely N-dealkylation sites (tertiary alicyclic amines) is 1. The molecule has 1 aromatic carbocycles. The highest BCUT2D eigenvalue weighted by atomic mass is 16.4. The maximum absolute atomic E-state index is 11.9. The zero-order chi connectivity index (χ0) is 14.7. The summed E-state index contributed by atoms with van der Waals surface area (Å²) >= 11 is 0. The molecule has 1 fully saturated rings. The molecule has 0 bridgehead atoms. The van der Waals surface area contributed by atoms with Crippen molar-refractivity contribution in [3.8, 4) is 0 Å². The van der Waals surface area contributed by atoms with Crippen LogP contribution in [0.3, 0.4) is 0 Å². The Morgan fingerprint density at radius 3 is 2.40 bits per heavy atom. The number of carbonyl (C=O) groups excluding carboxylic acids is 1. The average Bonchev–Trinajstić information content (AvgIpc) is 2.33. The Morgan fingerprint density at radius 1 is 1.30 bits per heavy atom. The summed E-state index contributed by atoms with van der Waals surface area (Å²) in [5.74, 6) is -0.733. The van der Waals surface area contributed by atoms with E-state index in [9.17, 15) is 9.59 Å². The van der Waals surface area contributed by atoms with Gasteiger partial charge in [-0.1, -0.05) is 0 Å². The van der Waals surface area contributed by atoms with Crippen molar-refractivity contribution in [3.05, 3.63) is 24.3 Å². The molecular weight excluding hydrogens is 258 g/mol. The molecule has 2 amide bonds. The molecule has 108 valence electrons. The highest BCUT2D eigenvalue weighted by Gasteiger charge is 2.31. The number of amides is 2. The fourth-order valence-electron chi connectivity index (χ4n) is 2.16. The third-order valence-corrected chi connectivity index (χ3v) is 3.34. The van der Waals surface area contributed by atoms with Crippen molar-refractivity contribution >= 4 is 23.4 Å². The van der Waals surface area contributed by atoms with Gasteiger partial charge in [-0.2, -0.15) is 0 Å². The van der Waals surface area contributed by atoms with Crippen LogP contribution in [0.4, 0.5) is 16.2 Å². The number of carboxylic acids is 1. The zero-order valence-corrected chi connectivity index (χ0v) is 11.7. The van der Waals surface area contributed by atoms with Crippen LogP contribution in [0.25, 0.3) is 0 Å². The Hall–Kier alpha value is -2.24. The Balaban J connectivity index is 1.82. The van der Waals surface area contributed by atoms with Crippen molar-refractivity contribution in [1.29, 1.82) is 0 Å². The SMILES string of the molecule is CN(C)c1ccc(NC(=O)N2CC(CC(=O)O)C2)cc1. The van der Waals surface area contributed by atoms with Crippen LogP contribution in [0.5, 0.6) is 0 Å². The van der Waals surface area contributed by atoms with Gasteiger partial charge in [0.2, 0.25) is 0 Å². The summed E-state index contributed by atoms with van der Waals surface area (Å²) in [4.78, 5) is 26.0. The minimum absolute atomic E-state index is 0.0781. The number of hydrogen-bond donors (Lipinski definition) is 2. The first-order valence-corrected chi connectivity index (χ1v) is 6.51. The number of carboxylic acid groups (broad SMARTS) is 1. The van der Waals surface area contributed by atoms with Crippen molar-refractivity contribution in [2.24, 2.45) is 5.92 Å². The number of aliphatic carboxylic acids is 1. The number of anilines is 2. The molecule has 2 N–H and O–H groups in total. The van der Waals surface area contributed by atoms with Gasteiger partial charge in [-0.3, -0.25) is 4.79 Å². The van der Waals surface area contributed by atoms with Crippen LogP contribution in [-0.4, -0.2) is 49.2 Å². The molecule has 0 aromatic heterocycles. The van der Waals surface area contributed by atoms with Crippen molar-refractivity contribution in [1.82, 2.24) is 4.90 Å². The highest BCUT2D eigenvalue weighted by Crippen LogP contribution is 2.21. The van der Waals surface area contributed by atoms with E-state index in [1.807, 2.05) is 43.3 Å². The molecule has 1 aliphatic heterocycles. The van der Waals surface area contributed by atoms with Gasteiger partial charge in [0.25, 0.3) is 0 Å². The summed E-state index contributed by atoms with van der Waals surface area (Å²) < 4.78 is 0. The number of benzene rings is 1. The second kappa shape index (κ2) is 5.81. The fourth-order valence-corrected chi connectivity index (χ4v) is 2.16. The molecular formula is C14H19N3O3. The third-order valence-electron chi connectivity index (χ3n) is 3.34. The topological polar surface area (TPSA) is 72.9 Å².